The fourth-order valence-electron chi connectivity index (χ4n) is 1.91. The van der Waals surface area contributed by atoms with E-state index < -0.39 is 11.2 Å². The molecule has 112 valence electrons. The zero-order chi connectivity index (χ0) is 15.6. The SMILES string of the molecule is COc1cc(F)c(C(Cl)c2ccc(Cl)c(Cl)c2)cc1OC. The molecule has 2 rings (SSSR count). The summed E-state index contributed by atoms with van der Waals surface area (Å²) in [5.74, 6) is 0.218. The van der Waals surface area contributed by atoms with Crippen molar-refractivity contribution in [1.82, 2.24) is 0 Å². The third kappa shape index (κ3) is 3.37. The van der Waals surface area contributed by atoms with E-state index in [2.05, 4.69) is 0 Å². The lowest BCUT2D eigenvalue weighted by Crippen LogP contribution is -2.00. The minimum Gasteiger partial charge on any atom is -0.493 e. The average Bonchev–Trinajstić information content (AvgIpc) is 2.49. The predicted molar refractivity (Wildman–Crippen MR) is 83.7 cm³/mol. The molecule has 0 radical (unpaired) electrons. The molecule has 0 saturated heterocycles. The maximum Gasteiger partial charge on any atom is 0.163 e. The third-order valence-electron chi connectivity index (χ3n) is 3.01. The molecule has 2 aromatic rings. The highest BCUT2D eigenvalue weighted by Gasteiger charge is 2.20. The van der Waals surface area contributed by atoms with Crippen LogP contribution in [0.3, 0.4) is 0 Å². The number of halogens is 4. The van der Waals surface area contributed by atoms with E-state index in [-0.39, 0.29) is 5.56 Å². The van der Waals surface area contributed by atoms with Crippen LogP contribution in [0.4, 0.5) is 4.39 Å². The van der Waals surface area contributed by atoms with Gasteiger partial charge in [0.15, 0.2) is 11.5 Å². The first-order chi connectivity index (χ1) is 9.97. The Morgan fingerprint density at radius 1 is 0.952 bits per heavy atom. The summed E-state index contributed by atoms with van der Waals surface area (Å²) in [5.41, 5.74) is 0.907. The molecule has 0 N–H and O–H groups in total. The van der Waals surface area contributed by atoms with Crippen molar-refractivity contribution in [2.75, 3.05) is 14.2 Å². The normalized spacial score (nSPS) is 12.1. The largest absolute Gasteiger partial charge is 0.493 e. The first-order valence-corrected chi connectivity index (χ1v) is 7.17. The number of benzene rings is 2. The van der Waals surface area contributed by atoms with E-state index in [0.29, 0.717) is 27.1 Å². The highest BCUT2D eigenvalue weighted by molar-refractivity contribution is 6.42. The van der Waals surface area contributed by atoms with Gasteiger partial charge in [0.2, 0.25) is 0 Å². The molecule has 0 aliphatic carbocycles. The Balaban J connectivity index is 2.47. The van der Waals surface area contributed by atoms with Crippen molar-refractivity contribution in [3.05, 3.63) is 57.3 Å². The number of alkyl halides is 1. The van der Waals surface area contributed by atoms with Gasteiger partial charge >= 0.3 is 0 Å². The van der Waals surface area contributed by atoms with Crippen LogP contribution in [0, 0.1) is 5.82 Å². The van der Waals surface area contributed by atoms with E-state index in [9.17, 15) is 4.39 Å². The average molecular weight is 350 g/mol. The Kier molecular flexibility index (Phi) is 5.20. The lowest BCUT2D eigenvalue weighted by molar-refractivity contribution is 0.351. The molecule has 6 heteroatoms. The summed E-state index contributed by atoms with van der Waals surface area (Å²) >= 11 is 18.2. The van der Waals surface area contributed by atoms with Crippen LogP contribution < -0.4 is 9.47 Å². The quantitative estimate of drug-likeness (QED) is 0.681. The minimum absolute atomic E-state index is 0.271. The molecule has 0 aliphatic rings. The number of rotatable bonds is 4. The lowest BCUT2D eigenvalue weighted by Gasteiger charge is -2.15. The Labute approximate surface area is 137 Å². The van der Waals surface area contributed by atoms with Crippen LogP contribution in [0.15, 0.2) is 30.3 Å². The molecule has 2 aromatic carbocycles. The van der Waals surface area contributed by atoms with Crippen molar-refractivity contribution in [2.24, 2.45) is 0 Å². The van der Waals surface area contributed by atoms with Crippen LogP contribution in [0.25, 0.3) is 0 Å². The maximum atomic E-state index is 14.2. The maximum absolute atomic E-state index is 14.2. The summed E-state index contributed by atoms with van der Waals surface area (Å²) in [6.07, 6.45) is 0. The molecular weight excluding hydrogens is 338 g/mol. The molecule has 0 aliphatic heterocycles. The number of hydrogen-bond donors (Lipinski definition) is 0. The van der Waals surface area contributed by atoms with Crippen LogP contribution in [0.2, 0.25) is 10.0 Å². The summed E-state index contributed by atoms with van der Waals surface area (Å²) in [4.78, 5) is 0. The molecule has 0 saturated carbocycles. The molecule has 21 heavy (non-hydrogen) atoms. The molecular formula is C15H12Cl3FO2. The van der Waals surface area contributed by atoms with Gasteiger partial charge in [-0.05, 0) is 23.8 Å². The summed E-state index contributed by atoms with van der Waals surface area (Å²) in [5, 5.41) is 0.0531. The second kappa shape index (κ2) is 6.73. The van der Waals surface area contributed by atoms with Crippen molar-refractivity contribution in [1.29, 1.82) is 0 Å². The van der Waals surface area contributed by atoms with Gasteiger partial charge in [0.25, 0.3) is 0 Å². The van der Waals surface area contributed by atoms with Crippen molar-refractivity contribution in [3.63, 3.8) is 0 Å². The standard InChI is InChI=1S/C15H12Cl3FO2/c1-20-13-6-9(12(19)7-14(13)21-2)15(18)8-3-4-10(16)11(17)5-8/h3-7,15H,1-2H3. The van der Waals surface area contributed by atoms with Crippen molar-refractivity contribution >= 4 is 34.8 Å². The smallest absolute Gasteiger partial charge is 0.163 e. The second-order valence-electron chi connectivity index (χ2n) is 4.26. The molecule has 0 heterocycles. The van der Waals surface area contributed by atoms with Gasteiger partial charge in [-0.2, -0.15) is 0 Å². The van der Waals surface area contributed by atoms with Gasteiger partial charge in [0.1, 0.15) is 5.82 Å². The Morgan fingerprint density at radius 2 is 1.57 bits per heavy atom. The Bertz CT molecular complexity index is 662. The number of methoxy groups -OCH3 is 2. The third-order valence-corrected chi connectivity index (χ3v) is 4.24. The first kappa shape index (κ1) is 16.2. The van der Waals surface area contributed by atoms with Gasteiger partial charge in [-0.15, -0.1) is 11.6 Å². The van der Waals surface area contributed by atoms with Gasteiger partial charge in [-0.25, -0.2) is 4.39 Å². The van der Waals surface area contributed by atoms with Crippen LogP contribution in [-0.2, 0) is 0 Å². The fraction of sp³-hybridized carbons (Fsp3) is 0.200. The van der Waals surface area contributed by atoms with E-state index in [4.69, 9.17) is 44.3 Å². The zero-order valence-corrected chi connectivity index (χ0v) is 13.6. The molecule has 1 unspecified atom stereocenters. The summed E-state index contributed by atoms with van der Waals surface area (Å²) in [6, 6.07) is 7.67. The molecule has 0 bridgehead atoms. The monoisotopic (exact) mass is 348 g/mol. The first-order valence-electron chi connectivity index (χ1n) is 5.98. The van der Waals surface area contributed by atoms with Crippen molar-refractivity contribution in [2.45, 2.75) is 5.38 Å². The number of ether oxygens (including phenoxy) is 2. The molecule has 1 atom stereocenters. The van der Waals surface area contributed by atoms with E-state index in [0.717, 1.165) is 0 Å². The van der Waals surface area contributed by atoms with E-state index >= 15 is 0 Å². The van der Waals surface area contributed by atoms with Crippen molar-refractivity contribution in [3.8, 4) is 11.5 Å². The highest BCUT2D eigenvalue weighted by Crippen LogP contribution is 2.38. The van der Waals surface area contributed by atoms with Gasteiger partial charge in [-0.1, -0.05) is 29.3 Å². The van der Waals surface area contributed by atoms with Gasteiger partial charge in [0, 0.05) is 11.6 Å². The van der Waals surface area contributed by atoms with Gasteiger partial charge < -0.3 is 9.47 Å². The summed E-state index contributed by atoms with van der Waals surface area (Å²) in [7, 11) is 2.91. The van der Waals surface area contributed by atoms with E-state index in [1.54, 1.807) is 18.2 Å². The van der Waals surface area contributed by atoms with E-state index in [1.807, 2.05) is 0 Å². The second-order valence-corrected chi connectivity index (χ2v) is 5.52. The van der Waals surface area contributed by atoms with Crippen LogP contribution >= 0.6 is 34.8 Å². The van der Waals surface area contributed by atoms with E-state index in [1.165, 1.54) is 26.4 Å². The molecule has 0 aromatic heterocycles. The predicted octanol–water partition coefficient (Wildman–Crippen LogP) is 5.48. The summed E-state index contributed by atoms with van der Waals surface area (Å²) in [6.45, 7) is 0. The van der Waals surface area contributed by atoms with Crippen LogP contribution in [0.1, 0.15) is 16.5 Å². The molecule has 2 nitrogen and oxygen atoms in total. The lowest BCUT2D eigenvalue weighted by atomic mass is 10.0. The van der Waals surface area contributed by atoms with Crippen LogP contribution in [0.5, 0.6) is 11.5 Å². The van der Waals surface area contributed by atoms with Gasteiger partial charge in [0.05, 0.1) is 29.6 Å². The molecule has 0 amide bonds. The highest BCUT2D eigenvalue weighted by atomic mass is 35.5. The Hall–Kier alpha value is -1.16. The fourth-order valence-corrected chi connectivity index (χ4v) is 2.52. The molecule has 0 fully saturated rings. The molecule has 0 spiro atoms. The van der Waals surface area contributed by atoms with Crippen LogP contribution in [-0.4, -0.2) is 14.2 Å². The Morgan fingerprint density at radius 3 is 2.14 bits per heavy atom. The summed E-state index contributed by atoms with van der Waals surface area (Å²) < 4.78 is 24.4. The minimum atomic E-state index is -0.723. The number of hydrogen-bond acceptors (Lipinski definition) is 2. The van der Waals surface area contributed by atoms with Gasteiger partial charge in [-0.3, -0.25) is 0 Å². The van der Waals surface area contributed by atoms with Crippen molar-refractivity contribution < 1.29 is 13.9 Å². The topological polar surface area (TPSA) is 18.5 Å². The zero-order valence-electron chi connectivity index (χ0n) is 11.3.